The second-order valence-electron chi connectivity index (χ2n) is 8.55. The van der Waals surface area contributed by atoms with E-state index in [2.05, 4.69) is 6.92 Å². The summed E-state index contributed by atoms with van der Waals surface area (Å²) in [5, 5.41) is 0. The molecule has 0 saturated carbocycles. The molecule has 0 fully saturated rings. The van der Waals surface area contributed by atoms with Crippen LogP contribution in [0.25, 0.3) is 6.08 Å². The Hall–Kier alpha value is -4.08. The number of carbonyl (C=O) groups is 1. The number of anilines is 2. The third-order valence-corrected chi connectivity index (χ3v) is 5.50. The van der Waals surface area contributed by atoms with E-state index in [1.807, 2.05) is 0 Å². The number of alkyl halides is 5. The van der Waals surface area contributed by atoms with E-state index in [1.54, 1.807) is 18.2 Å². The van der Waals surface area contributed by atoms with Gasteiger partial charge in [0.25, 0.3) is 0 Å². The van der Waals surface area contributed by atoms with Crippen LogP contribution in [0.4, 0.5) is 33.3 Å². The van der Waals surface area contributed by atoms with Gasteiger partial charge in [-0.25, -0.2) is 4.79 Å². The van der Waals surface area contributed by atoms with E-state index in [-0.39, 0.29) is 24.3 Å². The number of rotatable bonds is 10. The van der Waals surface area contributed by atoms with Crippen molar-refractivity contribution >= 4 is 23.4 Å². The third kappa shape index (κ3) is 8.50. The molecule has 0 saturated heterocycles. The van der Waals surface area contributed by atoms with Gasteiger partial charge in [-0.3, -0.25) is 0 Å². The number of aryl methyl sites for hydroxylation is 1. The minimum Gasteiger partial charge on any atom is -0.462 e. The number of halogens is 5. The number of carbonyl (C=O) groups excluding carboxylic acids is 1. The Bertz CT molecular complexity index is 1260. The number of hydrogen-bond donors (Lipinski definition) is 2. The molecule has 10 heteroatoms. The van der Waals surface area contributed by atoms with Crippen LogP contribution in [-0.4, -0.2) is 18.8 Å². The summed E-state index contributed by atoms with van der Waals surface area (Å²) in [6.45, 7) is 3.92. The van der Waals surface area contributed by atoms with Crippen LogP contribution in [0.1, 0.15) is 34.6 Å². The molecule has 3 aromatic rings. The molecule has 4 N–H and O–H groups in total. The van der Waals surface area contributed by atoms with E-state index in [0.29, 0.717) is 22.5 Å². The van der Waals surface area contributed by atoms with E-state index in [0.717, 1.165) is 12.1 Å². The van der Waals surface area contributed by atoms with Gasteiger partial charge in [0.15, 0.2) is 0 Å². The van der Waals surface area contributed by atoms with E-state index in [9.17, 15) is 26.7 Å². The minimum absolute atomic E-state index is 0.0114. The molecular weight excluding hydrogens is 507 g/mol. The molecule has 3 rings (SSSR count). The van der Waals surface area contributed by atoms with Gasteiger partial charge in [0.1, 0.15) is 5.75 Å². The summed E-state index contributed by atoms with van der Waals surface area (Å²) < 4.78 is 76.0. The van der Waals surface area contributed by atoms with Crippen LogP contribution in [0, 0.1) is 6.92 Å². The number of ether oxygens (including phenoxy) is 2. The fourth-order valence-electron chi connectivity index (χ4n) is 3.46. The molecule has 3 aromatic carbocycles. The summed E-state index contributed by atoms with van der Waals surface area (Å²) >= 11 is 0. The van der Waals surface area contributed by atoms with Crippen LogP contribution in [0.3, 0.4) is 0 Å². The van der Waals surface area contributed by atoms with Crippen LogP contribution >= 0.6 is 0 Å². The van der Waals surface area contributed by atoms with Gasteiger partial charge < -0.3 is 20.9 Å². The first kappa shape index (κ1) is 28.5. The van der Waals surface area contributed by atoms with Crippen LogP contribution < -0.4 is 16.2 Å². The second-order valence-corrected chi connectivity index (χ2v) is 8.55. The van der Waals surface area contributed by atoms with Crippen molar-refractivity contribution in [3.63, 3.8) is 0 Å². The summed E-state index contributed by atoms with van der Waals surface area (Å²) in [6.07, 6.45) is -6.73. The van der Waals surface area contributed by atoms with Crippen molar-refractivity contribution in [2.24, 2.45) is 0 Å². The quantitative estimate of drug-likeness (QED) is 0.132. The largest absolute Gasteiger partial charge is 0.462 e. The summed E-state index contributed by atoms with van der Waals surface area (Å²) in [6, 6.07) is 15.0. The minimum atomic E-state index is -4.32. The molecule has 201 valence electrons. The molecule has 0 aliphatic heterocycles. The van der Waals surface area contributed by atoms with Crippen LogP contribution in [0.2, 0.25) is 0 Å². The standard InChI is InChI=1S/C28H26F5N2O3/c1-18(24-12-9-22(34)16-25(24)35)17-37-26(36)13-6-19-4-10-23(11-5-19)38-28(32,33)21-7-2-20(3-8-21)14-15-27(29,30)31/h2-13,16,18H,1,14-15,17,34-35H2/b13-6+. The Labute approximate surface area is 216 Å². The van der Waals surface area contributed by atoms with Crippen molar-refractivity contribution in [1.29, 1.82) is 0 Å². The number of nitrogens with two attached hydrogens (primary N) is 2. The van der Waals surface area contributed by atoms with Gasteiger partial charge in [0.05, 0.1) is 12.2 Å². The van der Waals surface area contributed by atoms with Gasteiger partial charge in [-0.1, -0.05) is 30.3 Å². The first-order valence-electron chi connectivity index (χ1n) is 11.5. The normalized spacial score (nSPS) is 12.9. The molecule has 1 radical (unpaired) electrons. The molecule has 0 heterocycles. The highest BCUT2D eigenvalue weighted by atomic mass is 19.4. The highest BCUT2D eigenvalue weighted by molar-refractivity contribution is 5.87. The second kappa shape index (κ2) is 12.0. The highest BCUT2D eigenvalue weighted by Crippen LogP contribution is 2.32. The van der Waals surface area contributed by atoms with Crippen molar-refractivity contribution in [1.82, 2.24) is 0 Å². The molecule has 0 aliphatic carbocycles. The first-order valence-corrected chi connectivity index (χ1v) is 11.5. The number of benzene rings is 3. The first-order chi connectivity index (χ1) is 17.8. The highest BCUT2D eigenvalue weighted by Gasteiger charge is 2.34. The Morgan fingerprint density at radius 2 is 1.61 bits per heavy atom. The predicted octanol–water partition coefficient (Wildman–Crippen LogP) is 6.65. The maximum atomic E-state index is 14.5. The number of hydrogen-bond acceptors (Lipinski definition) is 5. The van der Waals surface area contributed by atoms with Gasteiger partial charge >= 0.3 is 18.3 Å². The zero-order valence-corrected chi connectivity index (χ0v) is 20.2. The molecule has 0 aromatic heterocycles. The number of nitrogen functional groups attached to an aromatic ring is 2. The monoisotopic (exact) mass is 533 g/mol. The van der Waals surface area contributed by atoms with E-state index in [4.69, 9.17) is 20.9 Å². The lowest BCUT2D eigenvalue weighted by Crippen LogP contribution is -2.21. The van der Waals surface area contributed by atoms with Crippen molar-refractivity contribution in [2.45, 2.75) is 31.0 Å². The summed E-state index contributed by atoms with van der Waals surface area (Å²) in [5.41, 5.74) is 13.6. The lowest BCUT2D eigenvalue weighted by atomic mass is 10.00. The Balaban J connectivity index is 1.52. The van der Waals surface area contributed by atoms with Gasteiger partial charge in [-0.15, -0.1) is 0 Å². The molecule has 0 aliphatic rings. The predicted molar refractivity (Wildman–Crippen MR) is 135 cm³/mol. The molecule has 5 nitrogen and oxygen atoms in total. The smallest absolute Gasteiger partial charge is 0.426 e. The molecule has 0 bridgehead atoms. The zero-order chi connectivity index (χ0) is 27.9. The topological polar surface area (TPSA) is 87.6 Å². The van der Waals surface area contributed by atoms with Crippen molar-refractivity contribution in [3.8, 4) is 5.75 Å². The number of esters is 1. The van der Waals surface area contributed by atoms with Crippen LogP contribution in [-0.2, 0) is 22.1 Å². The maximum absolute atomic E-state index is 14.5. The summed E-state index contributed by atoms with van der Waals surface area (Å²) in [4.78, 5) is 12.0. The van der Waals surface area contributed by atoms with Crippen LogP contribution in [0.15, 0.2) is 72.8 Å². The Morgan fingerprint density at radius 1 is 0.947 bits per heavy atom. The molecule has 1 unspecified atom stereocenters. The average molecular weight is 534 g/mol. The third-order valence-electron chi connectivity index (χ3n) is 5.50. The SMILES string of the molecule is [CH2]C(COC(=O)/C=C/c1ccc(OC(F)(F)c2ccc(CCC(F)(F)F)cc2)cc1)c1ccc(N)cc1N. The molecule has 1 atom stereocenters. The fourth-order valence-corrected chi connectivity index (χ4v) is 3.46. The van der Waals surface area contributed by atoms with E-state index in [1.165, 1.54) is 48.6 Å². The summed E-state index contributed by atoms with van der Waals surface area (Å²) in [7, 11) is 0. The summed E-state index contributed by atoms with van der Waals surface area (Å²) in [5.74, 6) is -1.17. The van der Waals surface area contributed by atoms with E-state index >= 15 is 0 Å². The van der Waals surface area contributed by atoms with E-state index < -0.39 is 36.2 Å². The lowest BCUT2D eigenvalue weighted by Gasteiger charge is -2.18. The fraction of sp³-hybridized carbons (Fsp3) is 0.214. The van der Waals surface area contributed by atoms with Crippen molar-refractivity contribution < 1.29 is 36.2 Å². The van der Waals surface area contributed by atoms with Gasteiger partial charge in [0, 0.05) is 29.8 Å². The van der Waals surface area contributed by atoms with Gasteiger partial charge in [-0.2, -0.15) is 22.0 Å². The van der Waals surface area contributed by atoms with Gasteiger partial charge in [-0.05, 0) is 72.5 Å². The molecule has 38 heavy (non-hydrogen) atoms. The van der Waals surface area contributed by atoms with Crippen LogP contribution in [0.5, 0.6) is 5.75 Å². The maximum Gasteiger partial charge on any atom is 0.426 e. The zero-order valence-electron chi connectivity index (χ0n) is 20.2. The van der Waals surface area contributed by atoms with Crippen molar-refractivity contribution in [2.75, 3.05) is 18.1 Å². The van der Waals surface area contributed by atoms with Gasteiger partial charge in [0.2, 0.25) is 0 Å². The molecule has 0 spiro atoms. The molecule has 0 amide bonds. The molecular formula is C28H26F5N2O3. The Kier molecular flexibility index (Phi) is 8.98. The lowest BCUT2D eigenvalue weighted by molar-refractivity contribution is -0.185. The van der Waals surface area contributed by atoms with Crippen molar-refractivity contribution in [3.05, 3.63) is 102 Å². The average Bonchev–Trinajstić information content (AvgIpc) is 2.85. The Morgan fingerprint density at radius 3 is 2.21 bits per heavy atom.